The molecule has 0 fully saturated rings. The number of aryl methyl sites for hydroxylation is 1. The van der Waals surface area contributed by atoms with Crippen molar-refractivity contribution in [3.63, 3.8) is 0 Å². The summed E-state index contributed by atoms with van der Waals surface area (Å²) in [5.74, 6) is 0.131. The van der Waals surface area contributed by atoms with Crippen LogP contribution in [0.4, 0.5) is 0 Å². The Labute approximate surface area is 86.3 Å². The minimum atomic E-state index is 0. The molecule has 0 aliphatic carbocycles. The number of rotatable bonds is 0. The molecular weight excluding hydrogens is 201 g/mol. The molecule has 0 amide bonds. The molecule has 1 aromatic rings. The molecule has 1 rings (SSSR count). The molecule has 1 N–H and O–H groups in total. The largest absolute Gasteiger partial charge is 0.533 e. The first kappa shape index (κ1) is 10.1. The SMILES string of the molecule is [CH]c1c[c-]c(C)cc1O.[Y]. The van der Waals surface area contributed by atoms with Gasteiger partial charge in [0, 0.05) is 38.5 Å². The smallest absolute Gasteiger partial charge is 0.0118 e. The molecule has 3 radical (unpaired) electrons. The number of phenols is 1. The fraction of sp³-hybridized carbons (Fsp3) is 0.125. The van der Waals surface area contributed by atoms with Gasteiger partial charge in [-0.25, -0.2) is 0 Å². The number of aromatic hydroxyl groups is 1. The summed E-state index contributed by atoms with van der Waals surface area (Å²) in [5.41, 5.74) is 1.27. The van der Waals surface area contributed by atoms with E-state index in [9.17, 15) is 0 Å². The van der Waals surface area contributed by atoms with Crippen LogP contribution in [0.2, 0.25) is 0 Å². The first-order valence-corrected chi connectivity index (χ1v) is 2.67. The molecule has 10 heavy (non-hydrogen) atoms. The third-order valence-electron chi connectivity index (χ3n) is 1.10. The molecule has 0 spiro atoms. The van der Waals surface area contributed by atoms with Gasteiger partial charge in [0.2, 0.25) is 0 Å². The van der Waals surface area contributed by atoms with Crippen molar-refractivity contribution < 1.29 is 37.8 Å². The predicted molar refractivity (Wildman–Crippen MR) is 35.1 cm³/mol. The van der Waals surface area contributed by atoms with Crippen LogP contribution in [-0.2, 0) is 32.7 Å². The molecule has 1 nitrogen and oxygen atoms in total. The van der Waals surface area contributed by atoms with E-state index < -0.39 is 0 Å². The molecule has 0 aromatic heterocycles. The van der Waals surface area contributed by atoms with Crippen molar-refractivity contribution in [3.05, 3.63) is 36.2 Å². The Balaban J connectivity index is 0.000000810. The fourth-order valence-corrected chi connectivity index (χ4v) is 0.596. The van der Waals surface area contributed by atoms with E-state index in [2.05, 4.69) is 6.07 Å². The Morgan fingerprint density at radius 1 is 1.60 bits per heavy atom. The van der Waals surface area contributed by atoms with Crippen LogP contribution in [-0.4, -0.2) is 5.11 Å². The summed E-state index contributed by atoms with van der Waals surface area (Å²) in [5, 5.41) is 8.96. The second kappa shape index (κ2) is 4.10. The molecule has 0 bridgehead atoms. The van der Waals surface area contributed by atoms with E-state index in [4.69, 9.17) is 12.0 Å². The van der Waals surface area contributed by atoms with Crippen LogP contribution in [0, 0.1) is 19.9 Å². The van der Waals surface area contributed by atoms with Gasteiger partial charge in [0.05, 0.1) is 0 Å². The minimum absolute atomic E-state index is 0. The minimum Gasteiger partial charge on any atom is -0.533 e. The van der Waals surface area contributed by atoms with Gasteiger partial charge in [-0.05, 0) is 0 Å². The summed E-state index contributed by atoms with van der Waals surface area (Å²) in [6.45, 7) is 7.15. The summed E-state index contributed by atoms with van der Waals surface area (Å²) in [7, 11) is 0. The van der Waals surface area contributed by atoms with Crippen molar-refractivity contribution in [2.45, 2.75) is 6.92 Å². The van der Waals surface area contributed by atoms with Crippen molar-refractivity contribution in [1.82, 2.24) is 0 Å². The standard InChI is InChI=1S/C8H7O.Y/c1-6-3-4-7(2)8(9)5-6;/h2,4-5,9H,1H3;/q-1;. The third-order valence-corrected chi connectivity index (χ3v) is 1.10. The van der Waals surface area contributed by atoms with Crippen LogP contribution < -0.4 is 0 Å². The van der Waals surface area contributed by atoms with E-state index in [0.29, 0.717) is 5.56 Å². The van der Waals surface area contributed by atoms with E-state index >= 15 is 0 Å². The average molecular weight is 208 g/mol. The molecule has 1 aromatic carbocycles. The first-order chi connectivity index (χ1) is 4.20. The third kappa shape index (κ3) is 2.39. The molecule has 0 unspecified atom stereocenters. The fourth-order valence-electron chi connectivity index (χ4n) is 0.596. The molecule has 0 heterocycles. The second-order valence-electron chi connectivity index (χ2n) is 1.96. The molecule has 0 aliphatic heterocycles. The topological polar surface area (TPSA) is 20.2 Å². The van der Waals surface area contributed by atoms with Gasteiger partial charge >= 0.3 is 0 Å². The molecule has 0 saturated carbocycles. The Bertz CT molecular complexity index is 220. The van der Waals surface area contributed by atoms with Crippen LogP contribution in [0.15, 0.2) is 12.1 Å². The van der Waals surface area contributed by atoms with Crippen molar-refractivity contribution in [1.29, 1.82) is 0 Å². The summed E-state index contributed by atoms with van der Waals surface area (Å²) in [6, 6.07) is 5.99. The van der Waals surface area contributed by atoms with Crippen molar-refractivity contribution in [3.8, 4) is 5.75 Å². The summed E-state index contributed by atoms with van der Waals surface area (Å²) >= 11 is 0. The maximum Gasteiger partial charge on any atom is 0.0118 e. The molecule has 2 heteroatoms. The number of phenolic OH excluding ortho intramolecular Hbond substituents is 1. The molecule has 0 aliphatic rings. The number of hydrogen-bond acceptors (Lipinski definition) is 1. The van der Waals surface area contributed by atoms with Crippen LogP contribution in [0.3, 0.4) is 0 Å². The zero-order valence-electron chi connectivity index (χ0n) is 5.76. The Morgan fingerprint density at radius 3 is 2.60 bits per heavy atom. The van der Waals surface area contributed by atoms with E-state index in [1.807, 2.05) is 6.92 Å². The van der Waals surface area contributed by atoms with Crippen molar-refractivity contribution in [2.75, 3.05) is 0 Å². The van der Waals surface area contributed by atoms with Crippen molar-refractivity contribution in [2.24, 2.45) is 0 Å². The van der Waals surface area contributed by atoms with Gasteiger partial charge in [0.15, 0.2) is 0 Å². The van der Waals surface area contributed by atoms with Gasteiger partial charge in [-0.3, -0.25) is 0 Å². The monoisotopic (exact) mass is 208 g/mol. The molecule has 49 valence electrons. The quantitative estimate of drug-likeness (QED) is 0.641. The first-order valence-electron chi connectivity index (χ1n) is 2.67. The normalized spacial score (nSPS) is 8.60. The van der Waals surface area contributed by atoms with E-state index in [0.717, 1.165) is 5.56 Å². The summed E-state index contributed by atoms with van der Waals surface area (Å²) in [4.78, 5) is 0. The van der Waals surface area contributed by atoms with Gasteiger partial charge in [0.25, 0.3) is 0 Å². The molecular formula is C8H7OY-. The van der Waals surface area contributed by atoms with Crippen LogP contribution in [0.1, 0.15) is 11.1 Å². The maximum atomic E-state index is 8.96. The average Bonchev–Trinajstić information content (AvgIpc) is 1.80. The number of benzene rings is 1. The van der Waals surface area contributed by atoms with E-state index in [-0.39, 0.29) is 38.5 Å². The number of hydrogen-bond donors (Lipinski definition) is 1. The summed E-state index contributed by atoms with van der Waals surface area (Å²) in [6.07, 6.45) is 0. The van der Waals surface area contributed by atoms with E-state index in [1.54, 1.807) is 12.1 Å². The van der Waals surface area contributed by atoms with Gasteiger partial charge in [0.1, 0.15) is 0 Å². The zero-order valence-corrected chi connectivity index (χ0v) is 8.59. The molecule has 0 saturated heterocycles. The van der Waals surface area contributed by atoms with Crippen molar-refractivity contribution >= 4 is 0 Å². The molecule has 0 atom stereocenters. The Morgan fingerprint density at radius 2 is 2.20 bits per heavy atom. The Kier molecular flexibility index (Phi) is 4.15. The van der Waals surface area contributed by atoms with E-state index in [1.165, 1.54) is 0 Å². The van der Waals surface area contributed by atoms with Crippen LogP contribution in [0.5, 0.6) is 5.75 Å². The van der Waals surface area contributed by atoms with Gasteiger partial charge in [-0.2, -0.15) is 17.7 Å². The summed E-state index contributed by atoms with van der Waals surface area (Å²) < 4.78 is 0. The predicted octanol–water partition coefficient (Wildman–Crippen LogP) is 1.56. The van der Waals surface area contributed by atoms with Gasteiger partial charge in [-0.1, -0.05) is 13.8 Å². The van der Waals surface area contributed by atoms with Gasteiger partial charge in [-0.15, -0.1) is 11.6 Å². The van der Waals surface area contributed by atoms with Crippen LogP contribution >= 0.6 is 0 Å². The zero-order chi connectivity index (χ0) is 6.85. The second-order valence-corrected chi connectivity index (χ2v) is 1.96. The maximum absolute atomic E-state index is 8.96. The van der Waals surface area contributed by atoms with Crippen LogP contribution in [0.25, 0.3) is 0 Å². The Hall–Kier alpha value is 0.124. The van der Waals surface area contributed by atoms with Gasteiger partial charge < -0.3 is 5.11 Å².